The average Bonchev–Trinajstić information content (AvgIpc) is 2.32. The molecule has 0 unspecified atom stereocenters. The Bertz CT molecular complexity index is 599. The van der Waals surface area contributed by atoms with Gasteiger partial charge in [-0.1, -0.05) is 6.92 Å². The fraction of sp³-hybridized carbons (Fsp3) is 0.231. The van der Waals surface area contributed by atoms with E-state index >= 15 is 0 Å². The summed E-state index contributed by atoms with van der Waals surface area (Å²) in [4.78, 5) is 8.73. The molecule has 0 amide bonds. The second-order valence-corrected chi connectivity index (χ2v) is 4.84. The van der Waals surface area contributed by atoms with Crippen LogP contribution in [0.5, 0.6) is 0 Å². The van der Waals surface area contributed by atoms with Crippen molar-refractivity contribution >= 4 is 21.7 Å². The smallest absolute Gasteiger partial charge is 0.162 e. The van der Waals surface area contributed by atoms with Crippen LogP contribution in [-0.2, 0) is 6.42 Å². The van der Waals surface area contributed by atoms with Gasteiger partial charge in [-0.3, -0.25) is 0 Å². The van der Waals surface area contributed by atoms with Gasteiger partial charge in [-0.25, -0.2) is 14.4 Å². The molecule has 18 heavy (non-hydrogen) atoms. The van der Waals surface area contributed by atoms with E-state index in [1.54, 1.807) is 6.07 Å². The molecular formula is C13H13BrFN3. The second-order valence-electron chi connectivity index (χ2n) is 3.98. The molecule has 1 heterocycles. The zero-order valence-corrected chi connectivity index (χ0v) is 11.8. The van der Waals surface area contributed by atoms with E-state index in [9.17, 15) is 4.39 Å². The van der Waals surface area contributed by atoms with Crippen molar-refractivity contribution in [2.75, 3.05) is 5.73 Å². The third kappa shape index (κ3) is 2.36. The van der Waals surface area contributed by atoms with E-state index in [4.69, 9.17) is 5.73 Å². The summed E-state index contributed by atoms with van der Waals surface area (Å²) in [6.45, 7) is 3.91. The van der Waals surface area contributed by atoms with E-state index < -0.39 is 0 Å². The fourth-order valence-corrected chi connectivity index (χ4v) is 2.25. The number of hydrogen-bond donors (Lipinski definition) is 1. The maximum absolute atomic E-state index is 13.1. The number of nitrogens with two attached hydrogens (primary N) is 1. The predicted octanol–water partition coefficient (Wildman–Crippen LogP) is 3.50. The molecule has 2 aromatic rings. The summed E-state index contributed by atoms with van der Waals surface area (Å²) in [6, 6.07) is 4.41. The van der Waals surface area contributed by atoms with E-state index in [1.165, 1.54) is 12.1 Å². The van der Waals surface area contributed by atoms with Crippen LogP contribution in [0.15, 0.2) is 22.7 Å². The van der Waals surface area contributed by atoms with Crippen molar-refractivity contribution in [1.29, 1.82) is 0 Å². The Kier molecular flexibility index (Phi) is 3.61. The molecule has 0 saturated heterocycles. The van der Waals surface area contributed by atoms with Crippen molar-refractivity contribution < 1.29 is 4.39 Å². The van der Waals surface area contributed by atoms with E-state index in [2.05, 4.69) is 25.9 Å². The van der Waals surface area contributed by atoms with Crippen LogP contribution in [0.3, 0.4) is 0 Å². The second kappa shape index (κ2) is 5.02. The van der Waals surface area contributed by atoms with Crippen molar-refractivity contribution in [3.8, 4) is 11.4 Å². The van der Waals surface area contributed by atoms with Crippen molar-refractivity contribution in [1.82, 2.24) is 9.97 Å². The van der Waals surface area contributed by atoms with E-state index in [0.29, 0.717) is 16.1 Å². The Hall–Kier alpha value is -1.49. The summed E-state index contributed by atoms with van der Waals surface area (Å²) in [5.74, 6) is 0.677. The first-order valence-electron chi connectivity index (χ1n) is 5.61. The van der Waals surface area contributed by atoms with Crippen LogP contribution in [0.4, 0.5) is 10.2 Å². The molecular weight excluding hydrogens is 297 g/mol. The molecule has 0 aliphatic carbocycles. The Morgan fingerprint density at radius 3 is 2.67 bits per heavy atom. The maximum atomic E-state index is 13.1. The predicted molar refractivity (Wildman–Crippen MR) is 73.7 cm³/mol. The molecule has 2 N–H and O–H groups in total. The molecule has 0 aliphatic rings. The van der Waals surface area contributed by atoms with Crippen molar-refractivity contribution in [2.24, 2.45) is 0 Å². The highest BCUT2D eigenvalue weighted by molar-refractivity contribution is 9.10. The fourth-order valence-electron chi connectivity index (χ4n) is 1.72. The lowest BCUT2D eigenvalue weighted by Crippen LogP contribution is -2.04. The minimum absolute atomic E-state index is 0.304. The van der Waals surface area contributed by atoms with Gasteiger partial charge in [0.1, 0.15) is 11.6 Å². The van der Waals surface area contributed by atoms with Crippen molar-refractivity contribution in [2.45, 2.75) is 20.3 Å². The average molecular weight is 310 g/mol. The van der Waals surface area contributed by atoms with Gasteiger partial charge in [0, 0.05) is 21.3 Å². The number of nitrogen functional groups attached to an aromatic ring is 1. The van der Waals surface area contributed by atoms with Crippen LogP contribution in [-0.4, -0.2) is 9.97 Å². The summed E-state index contributed by atoms with van der Waals surface area (Å²) in [7, 11) is 0. The molecule has 5 heteroatoms. The van der Waals surface area contributed by atoms with Gasteiger partial charge in [0.2, 0.25) is 0 Å². The molecule has 1 aromatic carbocycles. The first-order chi connectivity index (χ1) is 8.52. The number of halogens is 2. The van der Waals surface area contributed by atoms with Gasteiger partial charge >= 0.3 is 0 Å². The van der Waals surface area contributed by atoms with Crippen LogP contribution in [0, 0.1) is 12.7 Å². The summed E-state index contributed by atoms with van der Waals surface area (Å²) in [6.07, 6.45) is 0.782. The molecule has 0 aliphatic heterocycles. The lowest BCUT2D eigenvalue weighted by Gasteiger charge is -2.09. The maximum Gasteiger partial charge on any atom is 0.162 e. The number of rotatable bonds is 2. The zero-order chi connectivity index (χ0) is 13.3. The monoisotopic (exact) mass is 309 g/mol. The number of benzene rings is 1. The lowest BCUT2D eigenvalue weighted by atomic mass is 10.1. The first-order valence-corrected chi connectivity index (χ1v) is 6.40. The number of hydrogen-bond acceptors (Lipinski definition) is 3. The molecule has 1 aromatic heterocycles. The van der Waals surface area contributed by atoms with Crippen LogP contribution < -0.4 is 5.73 Å². The highest BCUT2D eigenvalue weighted by Gasteiger charge is 2.12. The van der Waals surface area contributed by atoms with E-state index in [1.807, 2.05) is 13.8 Å². The first kappa shape index (κ1) is 13.0. The standard InChI is InChI=1S/C13H13BrFN3/c1-3-11-7(2)12(16)18-13(17-11)9-5-4-8(15)6-10(9)14/h4-6H,3H2,1-2H3,(H2,16,17,18). The topological polar surface area (TPSA) is 51.8 Å². The Labute approximate surface area is 113 Å². The largest absolute Gasteiger partial charge is 0.383 e. The van der Waals surface area contributed by atoms with Gasteiger partial charge in [0.05, 0.1) is 0 Å². The van der Waals surface area contributed by atoms with Crippen LogP contribution in [0.1, 0.15) is 18.2 Å². The van der Waals surface area contributed by atoms with Gasteiger partial charge in [0.25, 0.3) is 0 Å². The molecule has 0 fully saturated rings. The minimum atomic E-state index is -0.304. The molecule has 2 rings (SSSR count). The van der Waals surface area contributed by atoms with Crippen LogP contribution in [0.2, 0.25) is 0 Å². The van der Waals surface area contributed by atoms with Crippen molar-refractivity contribution in [3.63, 3.8) is 0 Å². The normalized spacial score (nSPS) is 10.7. The van der Waals surface area contributed by atoms with E-state index in [0.717, 1.165) is 23.2 Å². The number of anilines is 1. The zero-order valence-electron chi connectivity index (χ0n) is 10.2. The van der Waals surface area contributed by atoms with Gasteiger partial charge in [-0.2, -0.15) is 0 Å². The number of aryl methyl sites for hydroxylation is 1. The summed E-state index contributed by atoms with van der Waals surface area (Å²) in [5, 5.41) is 0. The number of nitrogens with zero attached hydrogens (tertiary/aromatic N) is 2. The summed E-state index contributed by atoms with van der Waals surface area (Å²) in [5.41, 5.74) is 8.42. The van der Waals surface area contributed by atoms with Crippen LogP contribution in [0.25, 0.3) is 11.4 Å². The Balaban J connectivity index is 2.60. The molecule has 0 bridgehead atoms. The molecule has 0 spiro atoms. The van der Waals surface area contributed by atoms with Crippen LogP contribution >= 0.6 is 15.9 Å². The quantitative estimate of drug-likeness (QED) is 0.923. The molecule has 0 saturated carbocycles. The highest BCUT2D eigenvalue weighted by Crippen LogP contribution is 2.28. The minimum Gasteiger partial charge on any atom is -0.383 e. The molecule has 3 nitrogen and oxygen atoms in total. The Morgan fingerprint density at radius 1 is 1.33 bits per heavy atom. The van der Waals surface area contributed by atoms with Crippen molar-refractivity contribution in [3.05, 3.63) is 39.7 Å². The van der Waals surface area contributed by atoms with Gasteiger partial charge in [-0.05, 0) is 47.5 Å². The van der Waals surface area contributed by atoms with Gasteiger partial charge < -0.3 is 5.73 Å². The highest BCUT2D eigenvalue weighted by atomic mass is 79.9. The van der Waals surface area contributed by atoms with Gasteiger partial charge in [0.15, 0.2) is 5.82 Å². The molecule has 0 atom stereocenters. The van der Waals surface area contributed by atoms with Gasteiger partial charge in [-0.15, -0.1) is 0 Å². The third-order valence-corrected chi connectivity index (χ3v) is 3.45. The molecule has 94 valence electrons. The lowest BCUT2D eigenvalue weighted by molar-refractivity contribution is 0.627. The molecule has 0 radical (unpaired) electrons. The summed E-state index contributed by atoms with van der Waals surface area (Å²) >= 11 is 3.31. The summed E-state index contributed by atoms with van der Waals surface area (Å²) < 4.78 is 13.7. The third-order valence-electron chi connectivity index (χ3n) is 2.79. The SMILES string of the molecule is CCc1nc(-c2ccc(F)cc2Br)nc(N)c1C. The number of aromatic nitrogens is 2. The Morgan fingerprint density at radius 2 is 2.06 bits per heavy atom. The van der Waals surface area contributed by atoms with E-state index in [-0.39, 0.29) is 5.82 Å².